The lowest BCUT2D eigenvalue weighted by Gasteiger charge is -2.14. The summed E-state index contributed by atoms with van der Waals surface area (Å²) in [6, 6.07) is 139. The standard InChI is InChI=1S/C29H17BrO.C29H19BrO.C27H17BrO.C25H15BrOS/c30-24-9-3-8-23(17-24)29(31)22-7-2-6-21(16-22)25-14-12-20-11-10-18-4-1-5-19-13-15-26(25)28(20)27(18)19;30-28-13-5-12-27(19-28)29(31)26-11-4-10-24(18-26)22-8-3-9-23(17-22)25-15-14-20-6-1-2-7-21(20)16-25;28-22-8-5-7-21(16-22)27(29)19-14-12-18(13-15-19)26-17-20-6-1-2-9-23(20)24-10-3-4-11-25(24)26;26-19-6-3-5-18(15-19)24(27)17-13-11-16(12-14-17)20-8-4-9-22-21-7-1-2-10-23(21)28-25(20)22/h1-17H;1-19H;1-17H;1-15H. The molecule has 20 aromatic carbocycles. The van der Waals surface area contributed by atoms with Gasteiger partial charge in [-0.2, -0.15) is 0 Å². The molecule has 0 N–H and O–H groups in total. The van der Waals surface area contributed by atoms with E-state index in [0.717, 1.165) is 56.8 Å². The summed E-state index contributed by atoms with van der Waals surface area (Å²) in [4.78, 5) is 51.6. The molecule has 0 saturated heterocycles. The van der Waals surface area contributed by atoms with Crippen LogP contribution in [0.25, 0.3) is 140 Å². The van der Waals surface area contributed by atoms with Crippen molar-refractivity contribution in [3.63, 3.8) is 0 Å². The van der Waals surface area contributed by atoms with Gasteiger partial charge in [-0.25, -0.2) is 0 Å². The van der Waals surface area contributed by atoms with E-state index in [1.165, 1.54) is 101 Å². The molecule has 1 heterocycles. The van der Waals surface area contributed by atoms with Gasteiger partial charge in [0.15, 0.2) is 23.1 Å². The van der Waals surface area contributed by atoms with Crippen LogP contribution in [0.15, 0.2) is 430 Å². The Kier molecular flexibility index (Phi) is 22.3. The molecule has 119 heavy (non-hydrogen) atoms. The Morgan fingerprint density at radius 2 is 0.555 bits per heavy atom. The maximum absolute atomic E-state index is 13.1. The Hall–Kier alpha value is -13.0. The van der Waals surface area contributed by atoms with Crippen LogP contribution in [0, 0.1) is 0 Å². The third kappa shape index (κ3) is 16.4. The average molecular weight is 1810 g/mol. The van der Waals surface area contributed by atoms with Crippen molar-refractivity contribution in [2.24, 2.45) is 0 Å². The molecule has 9 heteroatoms. The Morgan fingerprint density at radius 1 is 0.185 bits per heavy atom. The van der Waals surface area contributed by atoms with Gasteiger partial charge in [0.2, 0.25) is 0 Å². The molecule has 4 nitrogen and oxygen atoms in total. The molecule has 566 valence electrons. The summed E-state index contributed by atoms with van der Waals surface area (Å²) in [7, 11) is 0. The first-order valence-electron chi connectivity index (χ1n) is 39.0. The third-order valence-electron chi connectivity index (χ3n) is 21.8. The second-order valence-corrected chi connectivity index (χ2v) is 34.0. The summed E-state index contributed by atoms with van der Waals surface area (Å²) in [6.45, 7) is 0. The van der Waals surface area contributed by atoms with E-state index in [2.05, 4.69) is 294 Å². The van der Waals surface area contributed by atoms with Gasteiger partial charge in [0, 0.05) is 82.6 Å². The number of benzene rings is 20. The van der Waals surface area contributed by atoms with Crippen LogP contribution in [0.1, 0.15) is 63.7 Å². The van der Waals surface area contributed by atoms with Crippen LogP contribution < -0.4 is 0 Å². The molecule has 0 atom stereocenters. The molecule has 0 amide bonds. The Labute approximate surface area is 726 Å². The molecule has 0 spiro atoms. The molecular formula is C110H68Br4O4S. The number of ketones is 4. The van der Waals surface area contributed by atoms with E-state index < -0.39 is 0 Å². The van der Waals surface area contributed by atoms with Crippen molar-refractivity contribution in [2.75, 3.05) is 0 Å². The number of hydrogen-bond donors (Lipinski definition) is 0. The monoisotopic (exact) mass is 1800 g/mol. The van der Waals surface area contributed by atoms with Gasteiger partial charge < -0.3 is 0 Å². The van der Waals surface area contributed by atoms with Crippen molar-refractivity contribution in [3.8, 4) is 55.6 Å². The van der Waals surface area contributed by atoms with Crippen molar-refractivity contribution in [3.05, 3.63) is 475 Å². The summed E-state index contributed by atoms with van der Waals surface area (Å²) in [5.74, 6) is 0.115. The van der Waals surface area contributed by atoms with Gasteiger partial charge in [-0.3, -0.25) is 19.2 Å². The summed E-state index contributed by atoms with van der Waals surface area (Å²) in [5, 5.41) is 17.6. The number of fused-ring (bicyclic) bond motifs is 7. The van der Waals surface area contributed by atoms with Gasteiger partial charge in [-0.15, -0.1) is 11.3 Å². The lowest BCUT2D eigenvalue weighted by atomic mass is 9.89. The number of hydrogen-bond acceptors (Lipinski definition) is 5. The van der Waals surface area contributed by atoms with E-state index in [-0.39, 0.29) is 23.1 Å². The highest BCUT2D eigenvalue weighted by Gasteiger charge is 2.20. The summed E-state index contributed by atoms with van der Waals surface area (Å²) >= 11 is 15.6. The van der Waals surface area contributed by atoms with Crippen molar-refractivity contribution < 1.29 is 19.2 Å². The fraction of sp³-hybridized carbons (Fsp3) is 0. The van der Waals surface area contributed by atoms with Crippen LogP contribution >= 0.6 is 75.1 Å². The zero-order valence-corrected chi connectivity index (χ0v) is 71.0. The highest BCUT2D eigenvalue weighted by Crippen LogP contribution is 2.43. The number of carbonyl (C=O) groups is 4. The Morgan fingerprint density at radius 3 is 1.13 bits per heavy atom. The lowest BCUT2D eigenvalue weighted by molar-refractivity contribution is 0.103. The van der Waals surface area contributed by atoms with Crippen molar-refractivity contribution in [2.45, 2.75) is 0 Å². The zero-order chi connectivity index (χ0) is 81.0. The minimum atomic E-state index is 0.0221. The molecule has 21 rings (SSSR count). The first kappa shape index (κ1) is 77.3. The second-order valence-electron chi connectivity index (χ2n) is 29.3. The van der Waals surface area contributed by atoms with Crippen LogP contribution in [-0.2, 0) is 0 Å². The topological polar surface area (TPSA) is 68.3 Å². The maximum atomic E-state index is 13.1. The SMILES string of the molecule is O=C(c1ccc(-c2cc3ccccc3c3ccccc23)cc1)c1cccc(Br)c1.O=C(c1ccc(-c2cccc3c2sc2ccccc23)cc1)c1cccc(Br)c1.O=C(c1cccc(Br)c1)c1cccc(-c2ccc3ccc4cccc5ccc2c3c45)c1.O=C(c1cccc(Br)c1)c1cccc(-c2cccc(-c3ccc4ccccc4c3)c2)c1. The Balaban J connectivity index is 0.000000109. The van der Waals surface area contributed by atoms with Crippen molar-refractivity contribution in [1.29, 1.82) is 0 Å². The molecule has 0 aliphatic heterocycles. The molecule has 0 bridgehead atoms. The molecule has 0 saturated carbocycles. The first-order chi connectivity index (χ1) is 58.3. The van der Waals surface area contributed by atoms with Crippen LogP contribution in [0.5, 0.6) is 0 Å². The molecular weight excluding hydrogens is 1740 g/mol. The smallest absolute Gasteiger partial charge is 0.193 e. The quantitative estimate of drug-likeness (QED) is 0.0852. The highest BCUT2D eigenvalue weighted by atomic mass is 79.9. The van der Waals surface area contributed by atoms with Crippen LogP contribution in [0.4, 0.5) is 0 Å². The second kappa shape index (κ2) is 34.3. The molecule has 0 unspecified atom stereocenters. The molecule has 1 aromatic heterocycles. The predicted molar refractivity (Wildman–Crippen MR) is 512 cm³/mol. The van der Waals surface area contributed by atoms with E-state index in [1.807, 2.05) is 193 Å². The van der Waals surface area contributed by atoms with Gasteiger partial charge in [0.1, 0.15) is 0 Å². The fourth-order valence-electron chi connectivity index (χ4n) is 16.0. The molecule has 0 fully saturated rings. The lowest BCUT2D eigenvalue weighted by Crippen LogP contribution is -2.01. The maximum Gasteiger partial charge on any atom is 0.193 e. The number of rotatable bonds is 13. The summed E-state index contributed by atoms with van der Waals surface area (Å²) in [5.41, 5.74) is 16.8. The molecule has 0 radical (unpaired) electrons. The average Bonchev–Trinajstić information content (AvgIpc) is 1.31. The largest absolute Gasteiger partial charge is 0.289 e. The minimum Gasteiger partial charge on any atom is -0.289 e. The minimum absolute atomic E-state index is 0.0221. The third-order valence-corrected chi connectivity index (χ3v) is 25.0. The molecule has 21 aromatic rings. The summed E-state index contributed by atoms with van der Waals surface area (Å²) < 4.78 is 6.20. The van der Waals surface area contributed by atoms with E-state index >= 15 is 0 Å². The van der Waals surface area contributed by atoms with Crippen LogP contribution in [-0.4, -0.2) is 23.1 Å². The summed E-state index contributed by atoms with van der Waals surface area (Å²) in [6.07, 6.45) is 0. The van der Waals surface area contributed by atoms with Crippen molar-refractivity contribution >= 4 is 183 Å². The van der Waals surface area contributed by atoms with E-state index in [0.29, 0.717) is 44.5 Å². The van der Waals surface area contributed by atoms with Crippen LogP contribution in [0.2, 0.25) is 0 Å². The fourth-order valence-corrected chi connectivity index (χ4v) is 18.8. The van der Waals surface area contributed by atoms with Crippen LogP contribution in [0.3, 0.4) is 0 Å². The van der Waals surface area contributed by atoms with Gasteiger partial charge in [-0.1, -0.05) is 391 Å². The number of halogens is 4. The van der Waals surface area contributed by atoms with Gasteiger partial charge in [0.05, 0.1) is 0 Å². The number of thiophene rings is 1. The normalized spacial score (nSPS) is 11.2. The van der Waals surface area contributed by atoms with E-state index in [1.54, 1.807) is 0 Å². The number of carbonyl (C=O) groups excluding carboxylic acids is 4. The van der Waals surface area contributed by atoms with Crippen molar-refractivity contribution in [1.82, 2.24) is 0 Å². The molecule has 0 aliphatic rings. The first-order valence-corrected chi connectivity index (χ1v) is 43.0. The van der Waals surface area contributed by atoms with E-state index in [4.69, 9.17) is 0 Å². The predicted octanol–water partition coefficient (Wildman–Crippen LogP) is 31.8. The zero-order valence-electron chi connectivity index (χ0n) is 63.8. The van der Waals surface area contributed by atoms with Gasteiger partial charge in [-0.05, 0) is 205 Å². The Bertz CT molecular complexity index is 7500. The van der Waals surface area contributed by atoms with E-state index in [9.17, 15) is 19.2 Å². The van der Waals surface area contributed by atoms with Gasteiger partial charge >= 0.3 is 0 Å². The van der Waals surface area contributed by atoms with Gasteiger partial charge in [0.25, 0.3) is 0 Å². The highest BCUT2D eigenvalue weighted by molar-refractivity contribution is 9.11. The molecule has 0 aliphatic carbocycles.